The van der Waals surface area contributed by atoms with Crippen molar-refractivity contribution in [1.82, 2.24) is 9.55 Å². The number of aryl methyl sites for hydroxylation is 1. The zero-order chi connectivity index (χ0) is 15.3. The molecule has 4 nitrogen and oxygen atoms in total. The van der Waals surface area contributed by atoms with Crippen molar-refractivity contribution in [3.05, 3.63) is 71.7 Å². The van der Waals surface area contributed by atoms with Crippen molar-refractivity contribution in [1.29, 1.82) is 0 Å². The Balaban J connectivity index is 2.15. The van der Waals surface area contributed by atoms with Crippen LogP contribution in [-0.4, -0.2) is 21.1 Å². The third-order valence-electron chi connectivity index (χ3n) is 3.93. The lowest BCUT2D eigenvalue weighted by Crippen LogP contribution is -2.16. The van der Waals surface area contributed by atoms with E-state index >= 15 is 0 Å². The largest absolute Gasteiger partial charge is 0.316 e. The van der Waals surface area contributed by atoms with E-state index in [1.807, 2.05) is 54.1 Å². The maximum absolute atomic E-state index is 12.3. The maximum Gasteiger partial charge on any atom is 0.205 e. The van der Waals surface area contributed by atoms with Crippen LogP contribution >= 0.6 is 0 Å². The average Bonchev–Trinajstić information content (AvgIpc) is 2.97. The molecule has 4 heteroatoms. The van der Waals surface area contributed by atoms with Gasteiger partial charge in [-0.05, 0) is 37.3 Å². The van der Waals surface area contributed by atoms with E-state index in [0.29, 0.717) is 5.56 Å². The topological polar surface area (TPSA) is 52.0 Å². The number of pyridine rings is 1. The van der Waals surface area contributed by atoms with Gasteiger partial charge < -0.3 is 4.57 Å². The first-order valence-corrected chi connectivity index (χ1v) is 7.00. The number of rotatable bonds is 1. The number of fused-ring (bicyclic) bond motifs is 3. The van der Waals surface area contributed by atoms with E-state index < -0.39 is 0 Å². The van der Waals surface area contributed by atoms with Gasteiger partial charge in [-0.3, -0.25) is 9.59 Å². The van der Waals surface area contributed by atoms with Gasteiger partial charge in [0.2, 0.25) is 5.78 Å². The minimum atomic E-state index is -0.222. The molecule has 0 amide bonds. The third kappa shape index (κ3) is 1.67. The summed E-state index contributed by atoms with van der Waals surface area (Å²) < 4.78 is 1.94. The van der Waals surface area contributed by atoms with Gasteiger partial charge in [0.05, 0.1) is 11.1 Å². The van der Waals surface area contributed by atoms with Crippen LogP contribution in [0.2, 0.25) is 0 Å². The van der Waals surface area contributed by atoms with Crippen LogP contribution < -0.4 is 0 Å². The second-order valence-electron chi connectivity index (χ2n) is 5.27. The maximum atomic E-state index is 12.3. The fourth-order valence-corrected chi connectivity index (χ4v) is 2.90. The van der Waals surface area contributed by atoms with E-state index in [2.05, 4.69) is 4.98 Å². The van der Waals surface area contributed by atoms with Crippen molar-refractivity contribution in [2.75, 3.05) is 0 Å². The Morgan fingerprint density at radius 3 is 2.45 bits per heavy atom. The van der Waals surface area contributed by atoms with Gasteiger partial charge in [-0.2, -0.15) is 0 Å². The number of carbonyl (C=O) groups excluding carboxylic acids is 2. The second-order valence-corrected chi connectivity index (χ2v) is 5.27. The summed E-state index contributed by atoms with van der Waals surface area (Å²) in [5.74, 6) is -0.400. The molecular formula is C18H12N2O2. The molecule has 0 radical (unpaired) electrons. The predicted octanol–water partition coefficient (Wildman–Crippen LogP) is 3.27. The summed E-state index contributed by atoms with van der Waals surface area (Å²) in [6, 6.07) is 11.7. The van der Waals surface area contributed by atoms with Crippen LogP contribution in [0.1, 0.15) is 26.5 Å². The van der Waals surface area contributed by atoms with Gasteiger partial charge in [0, 0.05) is 23.0 Å². The van der Waals surface area contributed by atoms with Crippen LogP contribution in [0, 0.1) is 6.92 Å². The van der Waals surface area contributed by atoms with Crippen molar-refractivity contribution in [2.45, 2.75) is 6.92 Å². The minimum absolute atomic E-state index is 0.178. The summed E-state index contributed by atoms with van der Waals surface area (Å²) in [6.45, 7) is 1.86. The molecule has 0 fully saturated rings. The van der Waals surface area contributed by atoms with Crippen LogP contribution in [0.15, 0.2) is 54.7 Å². The monoisotopic (exact) mass is 288 g/mol. The molecule has 0 spiro atoms. The summed E-state index contributed by atoms with van der Waals surface area (Å²) >= 11 is 0. The third-order valence-corrected chi connectivity index (χ3v) is 3.93. The zero-order valence-corrected chi connectivity index (χ0v) is 11.9. The molecule has 2 heterocycles. The minimum Gasteiger partial charge on any atom is -0.316 e. The summed E-state index contributed by atoms with van der Waals surface area (Å²) in [5.41, 5.74) is 3.08. The molecule has 22 heavy (non-hydrogen) atoms. The Kier molecular flexibility index (Phi) is 2.60. The molecular weight excluding hydrogens is 276 g/mol. The SMILES string of the molecule is Cc1nc2c(c3c1ccn3-c1ccccc1)C(=O)C=CC2=O. The first-order chi connectivity index (χ1) is 10.7. The van der Waals surface area contributed by atoms with Crippen LogP contribution in [-0.2, 0) is 0 Å². The van der Waals surface area contributed by atoms with Gasteiger partial charge in [0.25, 0.3) is 0 Å². The molecule has 0 unspecified atom stereocenters. The van der Waals surface area contributed by atoms with Crippen LogP contribution in [0.3, 0.4) is 0 Å². The molecule has 0 aliphatic heterocycles. The Bertz CT molecular complexity index is 966. The van der Waals surface area contributed by atoms with Gasteiger partial charge >= 0.3 is 0 Å². The first-order valence-electron chi connectivity index (χ1n) is 7.00. The van der Waals surface area contributed by atoms with Crippen LogP contribution in [0.25, 0.3) is 16.6 Å². The predicted molar refractivity (Wildman–Crippen MR) is 83.6 cm³/mol. The Hall–Kier alpha value is -3.01. The fourth-order valence-electron chi connectivity index (χ4n) is 2.90. The summed E-state index contributed by atoms with van der Waals surface area (Å²) in [7, 11) is 0. The smallest absolute Gasteiger partial charge is 0.205 e. The molecule has 0 N–H and O–H groups in total. The molecule has 106 valence electrons. The molecule has 4 rings (SSSR count). The lowest BCUT2D eigenvalue weighted by molar-refractivity contribution is 0.0991. The van der Waals surface area contributed by atoms with Crippen LogP contribution in [0.4, 0.5) is 0 Å². The quantitative estimate of drug-likeness (QED) is 0.690. The number of hydrogen-bond acceptors (Lipinski definition) is 3. The lowest BCUT2D eigenvalue weighted by atomic mass is 9.97. The molecule has 2 aromatic heterocycles. The molecule has 1 aliphatic carbocycles. The number of allylic oxidation sites excluding steroid dienone is 2. The normalized spacial score (nSPS) is 13.7. The van der Waals surface area contributed by atoms with Crippen molar-refractivity contribution in [2.24, 2.45) is 0 Å². The fraction of sp³-hybridized carbons (Fsp3) is 0.0556. The molecule has 0 bridgehead atoms. The number of ketones is 2. The summed E-state index contributed by atoms with van der Waals surface area (Å²) in [4.78, 5) is 28.8. The number of benzene rings is 1. The number of nitrogens with zero attached hydrogens (tertiary/aromatic N) is 2. The Morgan fingerprint density at radius 1 is 0.955 bits per heavy atom. The van der Waals surface area contributed by atoms with Crippen molar-refractivity contribution < 1.29 is 9.59 Å². The molecule has 1 aliphatic rings. The van der Waals surface area contributed by atoms with Gasteiger partial charge in [0.15, 0.2) is 5.78 Å². The van der Waals surface area contributed by atoms with E-state index in [0.717, 1.165) is 22.3 Å². The average molecular weight is 288 g/mol. The zero-order valence-electron chi connectivity index (χ0n) is 11.9. The van der Waals surface area contributed by atoms with Crippen molar-refractivity contribution >= 4 is 22.5 Å². The molecule has 0 atom stereocenters. The second kappa shape index (κ2) is 4.49. The number of hydrogen-bond donors (Lipinski definition) is 0. The summed E-state index contributed by atoms with van der Waals surface area (Å²) in [5, 5.41) is 0.888. The molecule has 1 aromatic carbocycles. The van der Waals surface area contributed by atoms with Gasteiger partial charge in [0.1, 0.15) is 5.69 Å². The summed E-state index contributed by atoms with van der Waals surface area (Å²) in [6.07, 6.45) is 4.52. The van der Waals surface area contributed by atoms with Crippen molar-refractivity contribution in [3.8, 4) is 5.69 Å². The van der Waals surface area contributed by atoms with Crippen molar-refractivity contribution in [3.63, 3.8) is 0 Å². The highest BCUT2D eigenvalue weighted by molar-refractivity contribution is 6.25. The van der Waals surface area contributed by atoms with E-state index in [1.54, 1.807) is 0 Å². The number of para-hydroxylation sites is 1. The highest BCUT2D eigenvalue weighted by Gasteiger charge is 2.26. The molecule has 3 aromatic rings. The lowest BCUT2D eigenvalue weighted by Gasteiger charge is -2.14. The highest BCUT2D eigenvalue weighted by atomic mass is 16.1. The van der Waals surface area contributed by atoms with Gasteiger partial charge in [-0.15, -0.1) is 0 Å². The van der Waals surface area contributed by atoms with Crippen LogP contribution in [0.5, 0.6) is 0 Å². The number of aromatic nitrogens is 2. The first kappa shape index (κ1) is 12.7. The Labute approximate surface area is 126 Å². The highest BCUT2D eigenvalue weighted by Crippen LogP contribution is 2.30. The number of carbonyl (C=O) groups is 2. The Morgan fingerprint density at radius 2 is 1.68 bits per heavy atom. The molecule has 0 saturated heterocycles. The van der Waals surface area contributed by atoms with E-state index in [4.69, 9.17) is 0 Å². The molecule has 0 saturated carbocycles. The standard InChI is InChI=1S/C18H12N2O2/c1-11-13-9-10-20(12-5-3-2-4-6-12)18(13)16-14(21)7-8-15(22)17(16)19-11/h2-10H,1H3. The van der Waals surface area contributed by atoms with Gasteiger partial charge in [-0.1, -0.05) is 18.2 Å². The van der Waals surface area contributed by atoms with E-state index in [-0.39, 0.29) is 17.3 Å². The van der Waals surface area contributed by atoms with E-state index in [1.165, 1.54) is 12.2 Å². The van der Waals surface area contributed by atoms with Gasteiger partial charge in [-0.25, -0.2) is 4.98 Å². The van der Waals surface area contributed by atoms with E-state index in [9.17, 15) is 9.59 Å².